The molecule has 0 heterocycles. The zero-order valence-corrected chi connectivity index (χ0v) is 7.02. The van der Waals surface area contributed by atoms with Crippen molar-refractivity contribution in [1.29, 1.82) is 0 Å². The van der Waals surface area contributed by atoms with Crippen LogP contribution in [0.5, 0.6) is 0 Å². The fourth-order valence-electron chi connectivity index (χ4n) is 0.940. The Balaban J connectivity index is 3.01. The summed E-state index contributed by atoms with van der Waals surface area (Å²) in [5.41, 5.74) is 3.42. The van der Waals surface area contributed by atoms with Gasteiger partial charge in [0.1, 0.15) is 0 Å². The number of hydrogen-bond acceptors (Lipinski definition) is 1. The summed E-state index contributed by atoms with van der Waals surface area (Å²) in [6, 6.07) is 8.20. The molecule has 0 saturated carbocycles. The third kappa shape index (κ3) is 1.84. The van der Waals surface area contributed by atoms with Gasteiger partial charge in [0.2, 0.25) is 0 Å². The molecule has 1 aromatic carbocycles. The van der Waals surface area contributed by atoms with Gasteiger partial charge in [-0.15, -0.1) is 0 Å². The summed E-state index contributed by atoms with van der Waals surface area (Å²) in [6.45, 7) is 5.88. The minimum atomic E-state index is 1.10. The van der Waals surface area contributed by atoms with Crippen LogP contribution in [-0.2, 0) is 0 Å². The Labute approximate surface area is 67.8 Å². The van der Waals surface area contributed by atoms with E-state index in [4.69, 9.17) is 0 Å². The van der Waals surface area contributed by atoms with Gasteiger partial charge in [-0.1, -0.05) is 24.3 Å². The Morgan fingerprint density at radius 2 is 2.18 bits per heavy atom. The van der Waals surface area contributed by atoms with Gasteiger partial charge < -0.3 is 5.32 Å². The predicted octanol–water partition coefficient (Wildman–Crippen LogP) is 2.76. The van der Waals surface area contributed by atoms with Crippen LogP contribution in [0, 0.1) is 0 Å². The molecule has 1 rings (SSSR count). The molecule has 0 atom stereocenters. The topological polar surface area (TPSA) is 12.0 Å². The molecule has 0 aliphatic carbocycles. The fourth-order valence-corrected chi connectivity index (χ4v) is 0.940. The van der Waals surface area contributed by atoms with E-state index in [0.29, 0.717) is 0 Å². The van der Waals surface area contributed by atoms with Gasteiger partial charge in [-0.25, -0.2) is 0 Å². The van der Waals surface area contributed by atoms with Gasteiger partial charge in [0.15, 0.2) is 0 Å². The monoisotopic (exact) mass is 147 g/mol. The van der Waals surface area contributed by atoms with Gasteiger partial charge in [0, 0.05) is 12.7 Å². The van der Waals surface area contributed by atoms with Crippen LogP contribution >= 0.6 is 0 Å². The van der Waals surface area contributed by atoms with Crippen LogP contribution in [0.25, 0.3) is 5.57 Å². The first kappa shape index (κ1) is 7.86. The molecule has 1 N–H and O–H groups in total. The molecule has 0 spiro atoms. The van der Waals surface area contributed by atoms with Crippen LogP contribution in [0.15, 0.2) is 30.8 Å². The summed E-state index contributed by atoms with van der Waals surface area (Å²) in [5, 5.41) is 3.08. The lowest BCUT2D eigenvalue weighted by Gasteiger charge is -2.02. The average molecular weight is 147 g/mol. The number of rotatable bonds is 2. The van der Waals surface area contributed by atoms with Crippen LogP contribution in [0.1, 0.15) is 12.5 Å². The lowest BCUT2D eigenvalue weighted by Crippen LogP contribution is -1.88. The largest absolute Gasteiger partial charge is 0.388 e. The molecule has 1 heteroatoms. The zero-order valence-electron chi connectivity index (χ0n) is 7.02. The molecule has 0 fully saturated rings. The summed E-state index contributed by atoms with van der Waals surface area (Å²) in [6.07, 6.45) is 0. The maximum Gasteiger partial charge on any atom is 0.0343 e. The van der Waals surface area contributed by atoms with Gasteiger partial charge in [-0.3, -0.25) is 0 Å². The van der Waals surface area contributed by atoms with Crippen LogP contribution in [0.3, 0.4) is 0 Å². The molecular formula is C10H13N. The van der Waals surface area contributed by atoms with E-state index in [0.717, 1.165) is 11.3 Å². The summed E-state index contributed by atoms with van der Waals surface area (Å²) in [4.78, 5) is 0. The van der Waals surface area contributed by atoms with Crippen molar-refractivity contribution in [2.24, 2.45) is 0 Å². The second-order valence-electron chi connectivity index (χ2n) is 2.61. The minimum Gasteiger partial charge on any atom is -0.388 e. The number of nitrogens with one attached hydrogen (secondary N) is 1. The highest BCUT2D eigenvalue weighted by Gasteiger charge is 1.92. The Kier molecular flexibility index (Phi) is 2.32. The van der Waals surface area contributed by atoms with Crippen molar-refractivity contribution >= 4 is 11.3 Å². The highest BCUT2D eigenvalue weighted by Crippen LogP contribution is 2.15. The van der Waals surface area contributed by atoms with Crippen molar-refractivity contribution in [2.75, 3.05) is 12.4 Å². The fraction of sp³-hybridized carbons (Fsp3) is 0.200. The Morgan fingerprint density at radius 1 is 1.45 bits per heavy atom. The predicted molar refractivity (Wildman–Crippen MR) is 50.7 cm³/mol. The van der Waals surface area contributed by atoms with Gasteiger partial charge in [-0.05, 0) is 24.6 Å². The molecule has 0 saturated heterocycles. The molecule has 1 nitrogen and oxygen atoms in total. The second-order valence-corrected chi connectivity index (χ2v) is 2.61. The van der Waals surface area contributed by atoms with E-state index in [-0.39, 0.29) is 0 Å². The number of hydrogen-bond donors (Lipinski definition) is 1. The highest BCUT2D eigenvalue weighted by atomic mass is 14.8. The van der Waals surface area contributed by atoms with Crippen molar-refractivity contribution in [2.45, 2.75) is 6.92 Å². The van der Waals surface area contributed by atoms with Crippen LogP contribution in [0.2, 0.25) is 0 Å². The summed E-state index contributed by atoms with van der Waals surface area (Å²) >= 11 is 0. The molecule has 0 aliphatic heterocycles. The summed E-state index contributed by atoms with van der Waals surface area (Å²) < 4.78 is 0. The molecule has 0 bridgehead atoms. The van der Waals surface area contributed by atoms with Gasteiger partial charge in [0.05, 0.1) is 0 Å². The first-order chi connectivity index (χ1) is 5.24. The maximum atomic E-state index is 3.87. The van der Waals surface area contributed by atoms with Crippen molar-refractivity contribution in [3.63, 3.8) is 0 Å². The Morgan fingerprint density at radius 3 is 2.73 bits per heavy atom. The number of allylic oxidation sites excluding steroid dienone is 1. The highest BCUT2D eigenvalue weighted by molar-refractivity contribution is 5.65. The van der Waals surface area contributed by atoms with E-state index >= 15 is 0 Å². The smallest absolute Gasteiger partial charge is 0.0343 e. The first-order valence-electron chi connectivity index (χ1n) is 3.67. The van der Waals surface area contributed by atoms with E-state index in [9.17, 15) is 0 Å². The standard InChI is InChI=1S/C10H13N/c1-8(2)9-5-4-6-10(7-9)11-3/h4-7,11H,1H2,2-3H3. The van der Waals surface area contributed by atoms with Crippen LogP contribution in [0.4, 0.5) is 5.69 Å². The molecule has 11 heavy (non-hydrogen) atoms. The number of anilines is 1. The van der Waals surface area contributed by atoms with E-state index in [1.165, 1.54) is 5.56 Å². The van der Waals surface area contributed by atoms with Crippen LogP contribution in [-0.4, -0.2) is 7.05 Å². The van der Waals surface area contributed by atoms with E-state index < -0.39 is 0 Å². The van der Waals surface area contributed by atoms with E-state index in [1.54, 1.807) is 0 Å². The zero-order chi connectivity index (χ0) is 8.27. The minimum absolute atomic E-state index is 1.10. The van der Waals surface area contributed by atoms with Crippen molar-refractivity contribution < 1.29 is 0 Å². The van der Waals surface area contributed by atoms with Gasteiger partial charge >= 0.3 is 0 Å². The Hall–Kier alpha value is -1.24. The first-order valence-corrected chi connectivity index (χ1v) is 3.67. The summed E-state index contributed by atoms with van der Waals surface area (Å²) in [7, 11) is 1.91. The third-order valence-electron chi connectivity index (χ3n) is 1.64. The molecular weight excluding hydrogens is 134 g/mol. The van der Waals surface area contributed by atoms with Gasteiger partial charge in [0.25, 0.3) is 0 Å². The van der Waals surface area contributed by atoms with E-state index in [1.807, 2.05) is 26.1 Å². The normalized spacial score (nSPS) is 9.27. The lowest BCUT2D eigenvalue weighted by molar-refractivity contribution is 1.49. The number of benzene rings is 1. The van der Waals surface area contributed by atoms with Crippen LogP contribution < -0.4 is 5.32 Å². The molecule has 0 aromatic heterocycles. The molecule has 58 valence electrons. The maximum absolute atomic E-state index is 3.87. The van der Waals surface area contributed by atoms with Crippen molar-refractivity contribution in [3.05, 3.63) is 36.4 Å². The molecule has 0 radical (unpaired) electrons. The second kappa shape index (κ2) is 3.24. The molecule has 0 amide bonds. The SMILES string of the molecule is C=C(C)c1cccc(NC)c1. The van der Waals surface area contributed by atoms with Gasteiger partial charge in [-0.2, -0.15) is 0 Å². The molecule has 1 aromatic rings. The molecule has 0 aliphatic rings. The Bertz CT molecular complexity index is 263. The van der Waals surface area contributed by atoms with Crippen molar-refractivity contribution in [3.8, 4) is 0 Å². The third-order valence-corrected chi connectivity index (χ3v) is 1.64. The molecule has 0 unspecified atom stereocenters. The lowest BCUT2D eigenvalue weighted by atomic mass is 10.1. The average Bonchev–Trinajstić information content (AvgIpc) is 2.05. The summed E-state index contributed by atoms with van der Waals surface area (Å²) in [5.74, 6) is 0. The quantitative estimate of drug-likeness (QED) is 0.678. The van der Waals surface area contributed by atoms with E-state index in [2.05, 4.69) is 24.0 Å². The van der Waals surface area contributed by atoms with Crippen molar-refractivity contribution in [1.82, 2.24) is 0 Å².